The molecule has 2 fully saturated rings. The number of hydrogen-bond acceptors (Lipinski definition) is 4. The zero-order valence-corrected chi connectivity index (χ0v) is 20.7. The number of fused-ring (bicyclic) bond motifs is 1. The van der Waals surface area contributed by atoms with Crippen LogP contribution in [0.4, 0.5) is 11.4 Å². The molecule has 2 aliphatic rings. The fourth-order valence-corrected chi connectivity index (χ4v) is 5.67. The smallest absolute Gasteiger partial charge is 0.238 e. The van der Waals surface area contributed by atoms with Gasteiger partial charge in [0.2, 0.25) is 17.7 Å². The first-order chi connectivity index (χ1) is 16.9. The van der Waals surface area contributed by atoms with E-state index < -0.39 is 0 Å². The Morgan fingerprint density at radius 3 is 2.20 bits per heavy atom. The number of likely N-dealkylation sites (tertiary alicyclic amines) is 2. The minimum absolute atomic E-state index is 0.0626. The number of rotatable bonds is 6. The topological polar surface area (TPSA) is 81.8 Å². The summed E-state index contributed by atoms with van der Waals surface area (Å²) in [5.74, 6) is -0.0630. The molecule has 0 spiro atoms. The number of amides is 3. The van der Waals surface area contributed by atoms with E-state index in [0.717, 1.165) is 45.1 Å². The summed E-state index contributed by atoms with van der Waals surface area (Å²) in [5.41, 5.74) is 2.64. The number of hydrogen-bond donors (Lipinski definition) is 2. The van der Waals surface area contributed by atoms with Gasteiger partial charge in [0.15, 0.2) is 0 Å². The van der Waals surface area contributed by atoms with Crippen LogP contribution in [0.15, 0.2) is 54.6 Å². The van der Waals surface area contributed by atoms with Crippen molar-refractivity contribution in [3.63, 3.8) is 0 Å². The second kappa shape index (κ2) is 11.5. The van der Waals surface area contributed by atoms with Crippen LogP contribution in [0.1, 0.15) is 51.5 Å². The lowest BCUT2D eigenvalue weighted by Gasteiger charge is -2.37. The molecule has 4 rings (SSSR count). The van der Waals surface area contributed by atoms with Gasteiger partial charge in [-0.15, -0.1) is 0 Å². The van der Waals surface area contributed by atoms with E-state index in [1.165, 1.54) is 12.5 Å². The molecule has 3 amide bonds. The number of nitrogens with zero attached hydrogens (tertiary/aromatic N) is 2. The van der Waals surface area contributed by atoms with Gasteiger partial charge in [0.05, 0.1) is 6.54 Å². The molecule has 2 saturated heterocycles. The zero-order chi connectivity index (χ0) is 24.8. The lowest BCUT2D eigenvalue weighted by molar-refractivity contribution is -0.132. The van der Waals surface area contributed by atoms with Gasteiger partial charge in [-0.2, -0.15) is 0 Å². The van der Waals surface area contributed by atoms with Crippen LogP contribution in [0, 0.1) is 0 Å². The average Bonchev–Trinajstić information content (AvgIpc) is 3.11. The molecule has 0 saturated carbocycles. The average molecular weight is 477 g/mol. The molecule has 35 heavy (non-hydrogen) atoms. The number of nitrogens with one attached hydrogen (secondary N) is 2. The molecular weight excluding hydrogens is 440 g/mol. The maximum Gasteiger partial charge on any atom is 0.238 e. The van der Waals surface area contributed by atoms with Crippen molar-refractivity contribution in [3.05, 3.63) is 60.2 Å². The molecule has 0 aliphatic carbocycles. The maximum atomic E-state index is 13.2. The van der Waals surface area contributed by atoms with Crippen molar-refractivity contribution in [1.29, 1.82) is 0 Å². The predicted molar refractivity (Wildman–Crippen MR) is 138 cm³/mol. The lowest BCUT2D eigenvalue weighted by Crippen LogP contribution is -2.50. The first-order valence-corrected chi connectivity index (χ1v) is 12.6. The molecule has 2 aromatic carbocycles. The van der Waals surface area contributed by atoms with Crippen molar-refractivity contribution in [2.24, 2.45) is 0 Å². The fourth-order valence-electron chi connectivity index (χ4n) is 5.67. The van der Waals surface area contributed by atoms with Gasteiger partial charge in [0.1, 0.15) is 0 Å². The summed E-state index contributed by atoms with van der Waals surface area (Å²) in [4.78, 5) is 41.4. The minimum Gasteiger partial charge on any atom is -0.338 e. The van der Waals surface area contributed by atoms with Gasteiger partial charge < -0.3 is 15.5 Å². The van der Waals surface area contributed by atoms with Crippen molar-refractivity contribution >= 4 is 29.1 Å². The SMILES string of the molecule is CC(=O)Nc1ccc(NC(=O)CN2[C@H](Cc3ccccc3)C[C@H]3[C@H]2CCCCCN3C(C)=O)cc1. The number of benzene rings is 2. The van der Waals surface area contributed by atoms with Gasteiger partial charge in [0, 0.05) is 49.9 Å². The molecule has 2 N–H and O–H groups in total. The molecule has 7 heteroatoms. The Morgan fingerprint density at radius 2 is 1.54 bits per heavy atom. The largest absolute Gasteiger partial charge is 0.338 e. The molecule has 0 bridgehead atoms. The van der Waals surface area contributed by atoms with Gasteiger partial charge >= 0.3 is 0 Å². The molecule has 0 unspecified atom stereocenters. The van der Waals surface area contributed by atoms with Gasteiger partial charge in [-0.05, 0) is 55.5 Å². The third kappa shape index (κ3) is 6.48. The monoisotopic (exact) mass is 476 g/mol. The fraction of sp³-hybridized carbons (Fsp3) is 0.464. The Labute approximate surface area is 207 Å². The first kappa shape index (κ1) is 24.9. The van der Waals surface area contributed by atoms with E-state index >= 15 is 0 Å². The van der Waals surface area contributed by atoms with Crippen LogP contribution in [-0.2, 0) is 20.8 Å². The van der Waals surface area contributed by atoms with Crippen molar-refractivity contribution in [3.8, 4) is 0 Å². The van der Waals surface area contributed by atoms with Crippen LogP contribution in [0.25, 0.3) is 0 Å². The van der Waals surface area contributed by atoms with Crippen molar-refractivity contribution in [1.82, 2.24) is 9.80 Å². The van der Waals surface area contributed by atoms with E-state index in [1.54, 1.807) is 31.2 Å². The van der Waals surface area contributed by atoms with E-state index in [9.17, 15) is 14.4 Å². The molecule has 0 radical (unpaired) electrons. The minimum atomic E-state index is -0.131. The van der Waals surface area contributed by atoms with E-state index in [2.05, 4.69) is 44.7 Å². The number of carbonyl (C=O) groups is 3. The molecule has 3 atom stereocenters. The van der Waals surface area contributed by atoms with Crippen LogP contribution < -0.4 is 10.6 Å². The molecule has 7 nitrogen and oxygen atoms in total. The Balaban J connectivity index is 1.51. The third-order valence-electron chi connectivity index (χ3n) is 7.19. The Hall–Kier alpha value is -3.19. The molecule has 2 heterocycles. The highest BCUT2D eigenvalue weighted by atomic mass is 16.2. The van der Waals surface area contributed by atoms with Gasteiger partial charge in [0.25, 0.3) is 0 Å². The second-order valence-corrected chi connectivity index (χ2v) is 9.75. The lowest BCUT2D eigenvalue weighted by atomic mass is 9.96. The zero-order valence-electron chi connectivity index (χ0n) is 20.7. The molecule has 0 aromatic heterocycles. The summed E-state index contributed by atoms with van der Waals surface area (Å²) in [5, 5.41) is 5.75. The highest BCUT2D eigenvalue weighted by Crippen LogP contribution is 2.35. The first-order valence-electron chi connectivity index (χ1n) is 12.6. The standard InChI is InChI=1S/C28H36N4O3/c1-20(33)29-23-12-14-24(15-13-23)30-28(35)19-32-25(17-22-9-5-3-6-10-22)18-27-26(32)11-7-4-8-16-31(27)21(2)34/h3,5-6,9-10,12-15,25-27H,4,7-8,11,16-19H2,1-2H3,(H,29,33)(H,30,35)/t25-,26-,27+/m1/s1. The van der Waals surface area contributed by atoms with Crippen LogP contribution in [-0.4, -0.2) is 58.7 Å². The summed E-state index contributed by atoms with van der Waals surface area (Å²) in [6, 6.07) is 18.1. The molecular formula is C28H36N4O3. The summed E-state index contributed by atoms with van der Waals surface area (Å²) >= 11 is 0. The van der Waals surface area contributed by atoms with Gasteiger partial charge in [-0.25, -0.2) is 0 Å². The molecule has 2 aliphatic heterocycles. The van der Waals surface area contributed by atoms with Crippen LogP contribution in [0.3, 0.4) is 0 Å². The Kier molecular flexibility index (Phi) is 8.18. The van der Waals surface area contributed by atoms with Crippen LogP contribution in [0.2, 0.25) is 0 Å². The predicted octanol–water partition coefficient (Wildman–Crippen LogP) is 4.06. The highest BCUT2D eigenvalue weighted by Gasteiger charge is 2.45. The number of carbonyl (C=O) groups excluding carboxylic acids is 3. The molecule has 186 valence electrons. The van der Waals surface area contributed by atoms with E-state index in [0.29, 0.717) is 11.4 Å². The molecule has 2 aromatic rings. The summed E-state index contributed by atoms with van der Waals surface area (Å²) in [6.07, 6.45) is 6.01. The van der Waals surface area contributed by atoms with Crippen molar-refractivity contribution < 1.29 is 14.4 Å². The van der Waals surface area contributed by atoms with Crippen LogP contribution >= 0.6 is 0 Å². The van der Waals surface area contributed by atoms with E-state index in [-0.39, 0.29) is 42.4 Å². The van der Waals surface area contributed by atoms with E-state index in [4.69, 9.17) is 0 Å². The maximum absolute atomic E-state index is 13.2. The van der Waals surface area contributed by atoms with E-state index in [1.807, 2.05) is 6.07 Å². The summed E-state index contributed by atoms with van der Waals surface area (Å²) in [6.45, 7) is 4.23. The van der Waals surface area contributed by atoms with Crippen molar-refractivity contribution in [2.45, 2.75) is 70.5 Å². The number of anilines is 2. The Morgan fingerprint density at radius 1 is 0.857 bits per heavy atom. The Bertz CT molecular complexity index is 1020. The summed E-state index contributed by atoms with van der Waals surface area (Å²) in [7, 11) is 0. The van der Waals surface area contributed by atoms with Gasteiger partial charge in [-0.1, -0.05) is 43.2 Å². The highest BCUT2D eigenvalue weighted by molar-refractivity contribution is 5.93. The van der Waals surface area contributed by atoms with Gasteiger partial charge in [-0.3, -0.25) is 19.3 Å². The van der Waals surface area contributed by atoms with Crippen molar-refractivity contribution in [2.75, 3.05) is 23.7 Å². The third-order valence-corrected chi connectivity index (χ3v) is 7.19. The normalized spacial score (nSPS) is 22.6. The second-order valence-electron chi connectivity index (χ2n) is 9.75. The van der Waals surface area contributed by atoms with Crippen LogP contribution in [0.5, 0.6) is 0 Å². The summed E-state index contributed by atoms with van der Waals surface area (Å²) < 4.78 is 0. The quantitative estimate of drug-likeness (QED) is 0.659.